The Bertz CT molecular complexity index is 608. The van der Waals surface area contributed by atoms with Crippen LogP contribution in [0.4, 0.5) is 5.69 Å². The zero-order valence-corrected chi connectivity index (χ0v) is 12.1. The normalized spacial score (nSPS) is 10.2. The van der Waals surface area contributed by atoms with Crippen molar-refractivity contribution in [2.24, 2.45) is 0 Å². The molecule has 104 valence electrons. The van der Waals surface area contributed by atoms with Gasteiger partial charge in [0, 0.05) is 30.4 Å². The highest BCUT2D eigenvalue weighted by molar-refractivity contribution is 5.78. The molecule has 0 N–H and O–H groups in total. The Labute approximate surface area is 119 Å². The molecule has 0 aliphatic carbocycles. The minimum atomic E-state index is 0.736. The van der Waals surface area contributed by atoms with Crippen LogP contribution >= 0.6 is 0 Å². The second-order valence-electron chi connectivity index (χ2n) is 4.83. The molecule has 0 saturated carbocycles. The van der Waals surface area contributed by atoms with E-state index < -0.39 is 0 Å². The van der Waals surface area contributed by atoms with Gasteiger partial charge in [-0.25, -0.2) is 0 Å². The molecule has 0 aromatic heterocycles. The molecule has 0 saturated heterocycles. The molecule has 2 aromatic carbocycles. The summed E-state index contributed by atoms with van der Waals surface area (Å²) in [5.41, 5.74) is 3.94. The standard InChI is InChI=1S/C17H19NO2/c1-13-10-16(9-8-15(13)12-19)18(2)11-14-6-4-5-7-17(14)20-3/h4-10,12H,11H2,1-3H3. The number of carbonyl (C=O) groups is 1. The SMILES string of the molecule is COc1ccccc1CN(C)c1ccc(C=O)c(C)c1. The molecule has 3 nitrogen and oxygen atoms in total. The van der Waals surface area contributed by atoms with E-state index >= 15 is 0 Å². The summed E-state index contributed by atoms with van der Waals surface area (Å²) in [7, 11) is 3.71. The van der Waals surface area contributed by atoms with Gasteiger partial charge in [0.15, 0.2) is 0 Å². The molecule has 2 rings (SSSR count). The van der Waals surface area contributed by atoms with Crippen LogP contribution in [0.25, 0.3) is 0 Å². The highest BCUT2D eigenvalue weighted by Gasteiger charge is 2.08. The van der Waals surface area contributed by atoms with Crippen molar-refractivity contribution in [3.8, 4) is 5.75 Å². The monoisotopic (exact) mass is 269 g/mol. The summed E-state index contributed by atoms with van der Waals surface area (Å²) in [6.45, 7) is 2.70. The molecular formula is C17H19NO2. The van der Waals surface area contributed by atoms with Crippen molar-refractivity contribution in [3.63, 3.8) is 0 Å². The zero-order chi connectivity index (χ0) is 14.5. The van der Waals surface area contributed by atoms with Gasteiger partial charge in [0.1, 0.15) is 12.0 Å². The maximum absolute atomic E-state index is 10.9. The summed E-state index contributed by atoms with van der Waals surface area (Å²) in [4.78, 5) is 13.0. The predicted molar refractivity (Wildman–Crippen MR) is 81.7 cm³/mol. The highest BCUT2D eigenvalue weighted by atomic mass is 16.5. The number of aldehydes is 1. The number of para-hydroxylation sites is 1. The number of anilines is 1. The molecule has 0 fully saturated rings. The second-order valence-corrected chi connectivity index (χ2v) is 4.83. The van der Waals surface area contributed by atoms with E-state index in [1.54, 1.807) is 7.11 Å². The number of hydrogen-bond donors (Lipinski definition) is 0. The molecule has 0 aliphatic rings. The summed E-state index contributed by atoms with van der Waals surface area (Å²) in [6, 6.07) is 13.8. The van der Waals surface area contributed by atoms with Crippen molar-refractivity contribution in [2.75, 3.05) is 19.1 Å². The maximum Gasteiger partial charge on any atom is 0.150 e. The predicted octanol–water partition coefficient (Wildman–Crippen LogP) is 3.45. The number of methoxy groups -OCH3 is 1. The Morgan fingerprint density at radius 3 is 2.60 bits per heavy atom. The lowest BCUT2D eigenvalue weighted by atomic mass is 10.1. The quantitative estimate of drug-likeness (QED) is 0.779. The van der Waals surface area contributed by atoms with Crippen LogP contribution in [0.2, 0.25) is 0 Å². The zero-order valence-electron chi connectivity index (χ0n) is 12.1. The van der Waals surface area contributed by atoms with Crippen molar-refractivity contribution in [1.82, 2.24) is 0 Å². The van der Waals surface area contributed by atoms with Crippen molar-refractivity contribution in [1.29, 1.82) is 0 Å². The fraction of sp³-hybridized carbons (Fsp3) is 0.235. The number of hydrogen-bond acceptors (Lipinski definition) is 3. The number of rotatable bonds is 5. The third-order valence-electron chi connectivity index (χ3n) is 3.42. The van der Waals surface area contributed by atoms with Crippen LogP contribution in [0, 0.1) is 6.92 Å². The lowest BCUT2D eigenvalue weighted by Gasteiger charge is -2.21. The summed E-state index contributed by atoms with van der Waals surface area (Å²) >= 11 is 0. The highest BCUT2D eigenvalue weighted by Crippen LogP contribution is 2.23. The van der Waals surface area contributed by atoms with E-state index in [-0.39, 0.29) is 0 Å². The van der Waals surface area contributed by atoms with Gasteiger partial charge in [-0.05, 0) is 36.8 Å². The minimum absolute atomic E-state index is 0.736. The molecule has 20 heavy (non-hydrogen) atoms. The van der Waals surface area contributed by atoms with Crippen LogP contribution < -0.4 is 9.64 Å². The first kappa shape index (κ1) is 14.1. The molecule has 0 atom stereocenters. The fourth-order valence-corrected chi connectivity index (χ4v) is 2.21. The van der Waals surface area contributed by atoms with Crippen molar-refractivity contribution in [3.05, 3.63) is 59.2 Å². The average molecular weight is 269 g/mol. The van der Waals surface area contributed by atoms with Crippen LogP contribution in [0.15, 0.2) is 42.5 Å². The van der Waals surface area contributed by atoms with Crippen LogP contribution in [0.5, 0.6) is 5.75 Å². The van der Waals surface area contributed by atoms with E-state index in [1.165, 1.54) is 0 Å². The topological polar surface area (TPSA) is 29.5 Å². The molecule has 3 heteroatoms. The maximum atomic E-state index is 10.9. The van der Waals surface area contributed by atoms with E-state index in [9.17, 15) is 4.79 Å². The first-order valence-electron chi connectivity index (χ1n) is 6.54. The first-order valence-corrected chi connectivity index (χ1v) is 6.54. The van der Waals surface area contributed by atoms with Gasteiger partial charge in [0.2, 0.25) is 0 Å². The number of nitrogens with zero attached hydrogens (tertiary/aromatic N) is 1. The Kier molecular flexibility index (Phi) is 4.41. The summed E-state index contributed by atoms with van der Waals surface area (Å²) in [5.74, 6) is 0.889. The van der Waals surface area contributed by atoms with E-state index in [4.69, 9.17) is 4.74 Å². The number of benzene rings is 2. The molecule has 0 aliphatic heterocycles. The number of ether oxygens (including phenoxy) is 1. The van der Waals surface area contributed by atoms with Gasteiger partial charge >= 0.3 is 0 Å². The summed E-state index contributed by atoms with van der Waals surface area (Å²) < 4.78 is 5.37. The third kappa shape index (κ3) is 2.99. The van der Waals surface area contributed by atoms with Gasteiger partial charge in [-0.15, -0.1) is 0 Å². The fourth-order valence-electron chi connectivity index (χ4n) is 2.21. The lowest BCUT2D eigenvalue weighted by Crippen LogP contribution is -2.17. The van der Waals surface area contributed by atoms with E-state index in [1.807, 2.05) is 50.4 Å². The smallest absolute Gasteiger partial charge is 0.150 e. The van der Waals surface area contributed by atoms with E-state index in [2.05, 4.69) is 11.0 Å². The lowest BCUT2D eigenvalue weighted by molar-refractivity contribution is 0.112. The van der Waals surface area contributed by atoms with Crippen molar-refractivity contribution in [2.45, 2.75) is 13.5 Å². The van der Waals surface area contributed by atoms with Gasteiger partial charge in [-0.3, -0.25) is 4.79 Å². The van der Waals surface area contributed by atoms with Gasteiger partial charge in [-0.2, -0.15) is 0 Å². The Morgan fingerprint density at radius 2 is 1.95 bits per heavy atom. The summed E-state index contributed by atoms with van der Waals surface area (Å²) in [6.07, 6.45) is 0.888. The molecule has 2 aromatic rings. The minimum Gasteiger partial charge on any atom is -0.496 e. The van der Waals surface area contributed by atoms with Crippen molar-refractivity contribution >= 4 is 12.0 Å². The first-order chi connectivity index (χ1) is 9.65. The van der Waals surface area contributed by atoms with Crippen LogP contribution in [0.3, 0.4) is 0 Å². The number of aryl methyl sites for hydroxylation is 1. The van der Waals surface area contributed by atoms with E-state index in [0.717, 1.165) is 41.0 Å². The van der Waals surface area contributed by atoms with Crippen LogP contribution in [-0.2, 0) is 6.54 Å². The third-order valence-corrected chi connectivity index (χ3v) is 3.42. The largest absolute Gasteiger partial charge is 0.496 e. The summed E-state index contributed by atoms with van der Waals surface area (Å²) in [5, 5.41) is 0. The Balaban J connectivity index is 2.21. The molecule has 0 amide bonds. The molecule has 0 radical (unpaired) electrons. The molecule has 0 unspecified atom stereocenters. The molecule has 0 bridgehead atoms. The Hall–Kier alpha value is -2.29. The number of carbonyl (C=O) groups excluding carboxylic acids is 1. The molecular weight excluding hydrogens is 250 g/mol. The van der Waals surface area contributed by atoms with Gasteiger partial charge in [-0.1, -0.05) is 18.2 Å². The average Bonchev–Trinajstić information content (AvgIpc) is 2.47. The molecule has 0 heterocycles. The van der Waals surface area contributed by atoms with Crippen molar-refractivity contribution < 1.29 is 9.53 Å². The van der Waals surface area contributed by atoms with Crippen LogP contribution in [0.1, 0.15) is 21.5 Å². The van der Waals surface area contributed by atoms with Gasteiger partial charge in [0.25, 0.3) is 0 Å². The van der Waals surface area contributed by atoms with E-state index in [0.29, 0.717) is 0 Å². The second kappa shape index (κ2) is 6.24. The van der Waals surface area contributed by atoms with Crippen LogP contribution in [-0.4, -0.2) is 20.4 Å². The van der Waals surface area contributed by atoms with Gasteiger partial charge in [0.05, 0.1) is 7.11 Å². The Morgan fingerprint density at radius 1 is 1.20 bits per heavy atom. The van der Waals surface area contributed by atoms with Gasteiger partial charge < -0.3 is 9.64 Å². The molecule has 0 spiro atoms.